The van der Waals surface area contributed by atoms with Crippen LogP contribution in [0.1, 0.15) is 36.1 Å². The van der Waals surface area contributed by atoms with E-state index in [4.69, 9.17) is 0 Å². The van der Waals surface area contributed by atoms with Gasteiger partial charge in [-0.1, -0.05) is 30.3 Å². The third kappa shape index (κ3) is 5.24. The maximum Gasteiger partial charge on any atom is 0.307 e. The van der Waals surface area contributed by atoms with Gasteiger partial charge in [0.15, 0.2) is 0 Å². The van der Waals surface area contributed by atoms with Crippen LogP contribution in [-0.2, 0) is 11.8 Å². The summed E-state index contributed by atoms with van der Waals surface area (Å²) in [7, 11) is 2.07. The van der Waals surface area contributed by atoms with Gasteiger partial charge in [0.2, 0.25) is 0 Å². The van der Waals surface area contributed by atoms with Crippen molar-refractivity contribution in [1.29, 1.82) is 0 Å². The summed E-state index contributed by atoms with van der Waals surface area (Å²) in [5, 5.41) is 9.26. The molecule has 4 nitrogen and oxygen atoms in total. The fraction of sp³-hybridized carbons (Fsp3) is 0.409. The van der Waals surface area contributed by atoms with Gasteiger partial charge in [0.05, 0.1) is 5.92 Å². The molecule has 0 amide bonds. The Morgan fingerprint density at radius 2 is 2.04 bits per heavy atom. The molecule has 1 aromatic carbocycles. The number of nitrogens with zero attached hydrogens (tertiary/aromatic N) is 2. The summed E-state index contributed by atoms with van der Waals surface area (Å²) < 4.78 is 2.15. The first-order chi connectivity index (χ1) is 12.6. The largest absolute Gasteiger partial charge is 0.481 e. The van der Waals surface area contributed by atoms with Crippen molar-refractivity contribution in [1.82, 2.24) is 9.47 Å². The Morgan fingerprint density at radius 3 is 2.70 bits per heavy atom. The smallest absolute Gasteiger partial charge is 0.307 e. The standard InChI is InChI=1S/C22H28N2O2.ClH/c1-17-8-3-4-10-19(17)20(21-12-7-13-23(21)2)11-6-15-24-14-5-9-18(16-24)22(25)26;/h3-4,7-8,10-13,18H,5-6,9,14-16H2,1-2H3,(H,25,26);1H/t18-;/m1./s1. The van der Waals surface area contributed by atoms with Gasteiger partial charge in [-0.2, -0.15) is 0 Å². The minimum atomic E-state index is -0.658. The number of likely N-dealkylation sites (tertiary alicyclic amines) is 1. The van der Waals surface area contributed by atoms with E-state index in [2.05, 4.69) is 72.1 Å². The molecule has 1 saturated heterocycles. The maximum atomic E-state index is 11.3. The highest BCUT2D eigenvalue weighted by Crippen LogP contribution is 2.27. The van der Waals surface area contributed by atoms with Crippen molar-refractivity contribution in [3.63, 3.8) is 0 Å². The molecule has 1 atom stereocenters. The number of carbonyl (C=O) groups is 1. The van der Waals surface area contributed by atoms with Gasteiger partial charge in [0.1, 0.15) is 0 Å². The molecule has 2 aromatic rings. The Labute approximate surface area is 167 Å². The molecule has 0 aliphatic carbocycles. The number of aromatic nitrogens is 1. The molecule has 1 aliphatic rings. The lowest BCUT2D eigenvalue weighted by Crippen LogP contribution is -2.39. The van der Waals surface area contributed by atoms with E-state index in [1.165, 1.54) is 22.4 Å². The zero-order chi connectivity index (χ0) is 18.5. The summed E-state index contributed by atoms with van der Waals surface area (Å²) >= 11 is 0. The first-order valence-corrected chi connectivity index (χ1v) is 9.39. The first kappa shape index (κ1) is 21.3. The minimum Gasteiger partial charge on any atom is -0.481 e. The normalized spacial score (nSPS) is 18.1. The van der Waals surface area contributed by atoms with E-state index in [1.54, 1.807) is 0 Å². The molecule has 0 radical (unpaired) electrons. The van der Waals surface area contributed by atoms with E-state index in [0.29, 0.717) is 6.54 Å². The van der Waals surface area contributed by atoms with E-state index >= 15 is 0 Å². The second kappa shape index (κ2) is 9.77. The van der Waals surface area contributed by atoms with Crippen LogP contribution >= 0.6 is 12.4 Å². The van der Waals surface area contributed by atoms with Crippen molar-refractivity contribution in [3.8, 4) is 0 Å². The van der Waals surface area contributed by atoms with E-state index in [1.807, 2.05) is 0 Å². The molecule has 0 bridgehead atoms. The lowest BCUT2D eigenvalue weighted by molar-refractivity contribution is -0.143. The third-order valence-electron chi connectivity index (χ3n) is 5.30. The Balaban J connectivity index is 0.00000261. The van der Waals surface area contributed by atoms with Gasteiger partial charge in [-0.25, -0.2) is 0 Å². The summed E-state index contributed by atoms with van der Waals surface area (Å²) in [6.45, 7) is 4.73. The van der Waals surface area contributed by atoms with Crippen molar-refractivity contribution >= 4 is 23.9 Å². The van der Waals surface area contributed by atoms with Crippen LogP contribution in [-0.4, -0.2) is 40.2 Å². The topological polar surface area (TPSA) is 45.5 Å². The Morgan fingerprint density at radius 1 is 1.26 bits per heavy atom. The third-order valence-corrected chi connectivity index (χ3v) is 5.30. The summed E-state index contributed by atoms with van der Waals surface area (Å²) in [6, 6.07) is 12.7. The number of carboxylic acids is 1. The number of benzene rings is 1. The van der Waals surface area contributed by atoms with Gasteiger partial charge >= 0.3 is 5.97 Å². The van der Waals surface area contributed by atoms with Crippen LogP contribution in [0.2, 0.25) is 0 Å². The number of aliphatic carboxylic acids is 1. The van der Waals surface area contributed by atoms with Gasteiger partial charge in [-0.15, -0.1) is 12.4 Å². The van der Waals surface area contributed by atoms with Crippen LogP contribution in [0.4, 0.5) is 0 Å². The molecule has 0 saturated carbocycles. The number of carboxylic acid groups (broad SMARTS) is 1. The molecule has 1 N–H and O–H groups in total. The number of aryl methyl sites for hydroxylation is 2. The van der Waals surface area contributed by atoms with Crippen LogP contribution in [0.15, 0.2) is 48.7 Å². The summed E-state index contributed by atoms with van der Waals surface area (Å²) in [5.41, 5.74) is 4.99. The molecule has 2 heterocycles. The summed E-state index contributed by atoms with van der Waals surface area (Å²) in [5.74, 6) is -0.869. The van der Waals surface area contributed by atoms with Crippen molar-refractivity contribution in [3.05, 3.63) is 65.5 Å². The van der Waals surface area contributed by atoms with Crippen molar-refractivity contribution in [2.24, 2.45) is 13.0 Å². The Bertz CT molecular complexity index is 797. The second-order valence-electron chi connectivity index (χ2n) is 7.20. The molecule has 5 heteroatoms. The predicted molar refractivity (Wildman–Crippen MR) is 112 cm³/mol. The van der Waals surface area contributed by atoms with E-state index in [-0.39, 0.29) is 18.3 Å². The van der Waals surface area contributed by atoms with Crippen LogP contribution in [0.5, 0.6) is 0 Å². The van der Waals surface area contributed by atoms with E-state index in [0.717, 1.165) is 32.4 Å². The van der Waals surface area contributed by atoms with E-state index in [9.17, 15) is 9.90 Å². The lowest BCUT2D eigenvalue weighted by atomic mass is 9.96. The van der Waals surface area contributed by atoms with E-state index < -0.39 is 5.97 Å². The van der Waals surface area contributed by atoms with Gasteiger partial charge < -0.3 is 14.6 Å². The number of hydrogen-bond acceptors (Lipinski definition) is 2. The predicted octanol–water partition coefficient (Wildman–Crippen LogP) is 4.37. The SMILES string of the molecule is Cc1ccccc1C(=CCCN1CCC[C@@H](C(=O)O)C1)c1cccn1C.Cl. The van der Waals surface area contributed by atoms with Crippen molar-refractivity contribution < 1.29 is 9.90 Å². The number of rotatable bonds is 6. The molecule has 146 valence electrons. The average molecular weight is 389 g/mol. The first-order valence-electron chi connectivity index (χ1n) is 9.39. The Kier molecular flexibility index (Phi) is 7.69. The minimum absolute atomic E-state index is 0. The number of piperidine rings is 1. The zero-order valence-electron chi connectivity index (χ0n) is 16.1. The highest BCUT2D eigenvalue weighted by atomic mass is 35.5. The van der Waals surface area contributed by atoms with Gasteiger partial charge in [-0.3, -0.25) is 4.79 Å². The molecule has 0 spiro atoms. The maximum absolute atomic E-state index is 11.3. The summed E-state index contributed by atoms with van der Waals surface area (Å²) in [6.07, 6.45) is 7.08. The van der Waals surface area contributed by atoms with Crippen molar-refractivity contribution in [2.45, 2.75) is 26.2 Å². The lowest BCUT2D eigenvalue weighted by Gasteiger charge is -2.30. The monoisotopic (exact) mass is 388 g/mol. The molecule has 3 rings (SSSR count). The molecular formula is C22H29ClN2O2. The molecule has 27 heavy (non-hydrogen) atoms. The second-order valence-corrected chi connectivity index (χ2v) is 7.20. The fourth-order valence-corrected chi connectivity index (χ4v) is 3.82. The van der Waals surface area contributed by atoms with Crippen LogP contribution in [0.3, 0.4) is 0 Å². The quantitative estimate of drug-likeness (QED) is 0.799. The van der Waals surface area contributed by atoms with Crippen LogP contribution < -0.4 is 0 Å². The molecular weight excluding hydrogens is 360 g/mol. The number of halogens is 1. The molecule has 1 aliphatic heterocycles. The fourth-order valence-electron chi connectivity index (χ4n) is 3.82. The highest BCUT2D eigenvalue weighted by Gasteiger charge is 2.24. The van der Waals surface area contributed by atoms with Crippen LogP contribution in [0, 0.1) is 12.8 Å². The number of hydrogen-bond donors (Lipinski definition) is 1. The zero-order valence-corrected chi connectivity index (χ0v) is 16.9. The van der Waals surface area contributed by atoms with Gasteiger partial charge in [-0.05, 0) is 56.0 Å². The Hall–Kier alpha value is -2.04. The van der Waals surface area contributed by atoms with Gasteiger partial charge in [0.25, 0.3) is 0 Å². The molecule has 0 unspecified atom stereocenters. The van der Waals surface area contributed by atoms with Gasteiger partial charge in [0, 0.05) is 37.6 Å². The average Bonchev–Trinajstić information content (AvgIpc) is 3.06. The summed E-state index contributed by atoms with van der Waals surface area (Å²) in [4.78, 5) is 13.5. The molecule has 1 aromatic heterocycles. The highest BCUT2D eigenvalue weighted by molar-refractivity contribution is 5.85. The van der Waals surface area contributed by atoms with Crippen LogP contribution in [0.25, 0.3) is 5.57 Å². The molecule has 1 fully saturated rings. The van der Waals surface area contributed by atoms with Crippen molar-refractivity contribution in [2.75, 3.05) is 19.6 Å².